The molecule has 0 rings (SSSR count). The smallest absolute Gasteiger partial charge is 0.407 e. The molecule has 23 heavy (non-hydrogen) atoms. The number of unbranched alkanes of at least 4 members (excludes halogenated alkanes) is 1. The van der Waals surface area contributed by atoms with Gasteiger partial charge in [-0.1, -0.05) is 0 Å². The van der Waals surface area contributed by atoms with Crippen molar-refractivity contribution in [3.8, 4) is 12.3 Å². The lowest BCUT2D eigenvalue weighted by Gasteiger charge is -2.20. The van der Waals surface area contributed by atoms with Gasteiger partial charge in [0.2, 0.25) is 5.91 Å². The van der Waals surface area contributed by atoms with E-state index < -0.39 is 23.7 Å². The Bertz CT molecular complexity index is 448. The Balaban J connectivity index is 4.31. The van der Waals surface area contributed by atoms with Crippen LogP contribution in [0, 0.1) is 12.3 Å². The van der Waals surface area contributed by atoms with Crippen molar-refractivity contribution in [2.45, 2.75) is 58.1 Å². The molecule has 0 aliphatic rings. The monoisotopic (exact) mass is 326 g/mol. The first-order valence-corrected chi connectivity index (χ1v) is 7.47. The Morgan fingerprint density at radius 1 is 1.26 bits per heavy atom. The van der Waals surface area contributed by atoms with Crippen LogP contribution in [-0.4, -0.2) is 43.3 Å². The van der Waals surface area contributed by atoms with Crippen molar-refractivity contribution >= 4 is 18.0 Å². The van der Waals surface area contributed by atoms with E-state index in [1.54, 1.807) is 20.8 Å². The van der Waals surface area contributed by atoms with Gasteiger partial charge in [-0.05, 0) is 33.6 Å². The molecule has 130 valence electrons. The molecule has 0 saturated carbocycles. The number of hydrogen-bond donors (Lipinski definition) is 2. The van der Waals surface area contributed by atoms with E-state index in [1.165, 1.54) is 7.11 Å². The van der Waals surface area contributed by atoms with E-state index in [-0.39, 0.29) is 25.3 Å². The van der Waals surface area contributed by atoms with Crippen molar-refractivity contribution < 1.29 is 23.9 Å². The minimum Gasteiger partial charge on any atom is -0.467 e. The molecule has 0 aromatic rings. The largest absolute Gasteiger partial charge is 0.467 e. The predicted molar refractivity (Wildman–Crippen MR) is 85.5 cm³/mol. The molecule has 0 aromatic heterocycles. The van der Waals surface area contributed by atoms with Crippen LogP contribution < -0.4 is 10.6 Å². The standard InChI is InChI=1S/C16H26N2O5/c1-6-7-8-9-13(19)18-12(14(20)22-5)10-11-17-15(21)23-16(2,3)4/h1,12H,7-11H2,2-5H3,(H,17,21)(H,18,19)/t12-/m0/s1. The van der Waals surface area contributed by atoms with Gasteiger partial charge in [0.05, 0.1) is 7.11 Å². The van der Waals surface area contributed by atoms with Gasteiger partial charge in [0.25, 0.3) is 0 Å². The molecule has 0 aliphatic carbocycles. The summed E-state index contributed by atoms with van der Waals surface area (Å²) in [5, 5.41) is 5.10. The lowest BCUT2D eigenvalue weighted by atomic mass is 10.1. The Hall–Kier alpha value is -2.23. The highest BCUT2D eigenvalue weighted by Gasteiger charge is 2.22. The zero-order valence-electron chi connectivity index (χ0n) is 14.2. The number of hydrogen-bond acceptors (Lipinski definition) is 5. The third kappa shape index (κ3) is 11.0. The third-order valence-corrected chi connectivity index (χ3v) is 2.65. The first kappa shape index (κ1) is 20.8. The van der Waals surface area contributed by atoms with Crippen LogP contribution in [0.4, 0.5) is 4.79 Å². The van der Waals surface area contributed by atoms with Crippen molar-refractivity contribution in [3.63, 3.8) is 0 Å². The second kappa shape index (κ2) is 10.5. The molecule has 2 amide bonds. The SMILES string of the molecule is C#CCCCC(=O)N[C@@H](CCNC(=O)OC(C)(C)C)C(=O)OC. The number of amides is 2. The Labute approximate surface area is 137 Å². The first-order valence-electron chi connectivity index (χ1n) is 7.47. The lowest BCUT2D eigenvalue weighted by molar-refractivity contribution is -0.145. The molecule has 2 N–H and O–H groups in total. The lowest BCUT2D eigenvalue weighted by Crippen LogP contribution is -2.44. The zero-order chi connectivity index (χ0) is 17.9. The van der Waals surface area contributed by atoms with Crippen molar-refractivity contribution in [2.24, 2.45) is 0 Å². The maximum Gasteiger partial charge on any atom is 0.407 e. The van der Waals surface area contributed by atoms with Gasteiger partial charge in [-0.3, -0.25) is 4.79 Å². The predicted octanol–water partition coefficient (Wildman–Crippen LogP) is 1.36. The van der Waals surface area contributed by atoms with E-state index in [2.05, 4.69) is 21.3 Å². The van der Waals surface area contributed by atoms with E-state index in [4.69, 9.17) is 11.2 Å². The van der Waals surface area contributed by atoms with Crippen LogP contribution in [0.15, 0.2) is 0 Å². The highest BCUT2D eigenvalue weighted by molar-refractivity contribution is 5.84. The van der Waals surface area contributed by atoms with Crippen LogP contribution in [0.3, 0.4) is 0 Å². The fraction of sp³-hybridized carbons (Fsp3) is 0.688. The Kier molecular flexibility index (Phi) is 9.47. The fourth-order valence-corrected chi connectivity index (χ4v) is 1.64. The number of carbonyl (C=O) groups excluding carboxylic acids is 3. The van der Waals surface area contributed by atoms with Crippen LogP contribution in [0.25, 0.3) is 0 Å². The molecular formula is C16H26N2O5. The van der Waals surface area contributed by atoms with Crippen molar-refractivity contribution in [1.29, 1.82) is 0 Å². The summed E-state index contributed by atoms with van der Waals surface area (Å²) in [7, 11) is 1.24. The highest BCUT2D eigenvalue weighted by atomic mass is 16.6. The second-order valence-electron chi connectivity index (χ2n) is 5.92. The molecule has 0 aromatic carbocycles. The molecule has 7 heteroatoms. The molecule has 0 spiro atoms. The quantitative estimate of drug-likeness (QED) is 0.399. The van der Waals surface area contributed by atoms with Gasteiger partial charge in [0, 0.05) is 19.4 Å². The molecule has 0 fully saturated rings. The summed E-state index contributed by atoms with van der Waals surface area (Å²) in [6.45, 7) is 5.42. The average molecular weight is 326 g/mol. The first-order chi connectivity index (χ1) is 10.7. The summed E-state index contributed by atoms with van der Waals surface area (Å²) in [6, 6.07) is -0.826. The van der Waals surface area contributed by atoms with Crippen LogP contribution in [0.2, 0.25) is 0 Å². The molecule has 0 bridgehead atoms. The molecule has 0 unspecified atom stereocenters. The number of rotatable bonds is 8. The van der Waals surface area contributed by atoms with Gasteiger partial charge in [-0.25, -0.2) is 9.59 Å². The minimum atomic E-state index is -0.826. The van der Waals surface area contributed by atoms with E-state index in [1.807, 2.05) is 0 Å². The molecule has 0 aliphatic heterocycles. The summed E-state index contributed by atoms with van der Waals surface area (Å²) >= 11 is 0. The maximum atomic E-state index is 11.7. The van der Waals surface area contributed by atoms with Gasteiger partial charge in [0.1, 0.15) is 11.6 Å². The molecule has 1 atom stereocenters. The molecule has 0 heterocycles. The number of nitrogens with one attached hydrogen (secondary N) is 2. The highest BCUT2D eigenvalue weighted by Crippen LogP contribution is 2.06. The molecular weight excluding hydrogens is 300 g/mol. The van der Waals surface area contributed by atoms with E-state index in [0.29, 0.717) is 12.8 Å². The zero-order valence-corrected chi connectivity index (χ0v) is 14.2. The molecule has 0 radical (unpaired) electrons. The summed E-state index contributed by atoms with van der Waals surface area (Å²) < 4.78 is 9.73. The number of terminal acetylenes is 1. The number of esters is 1. The number of carbonyl (C=O) groups is 3. The average Bonchev–Trinajstić information content (AvgIpc) is 2.43. The fourth-order valence-electron chi connectivity index (χ4n) is 1.64. The summed E-state index contributed by atoms with van der Waals surface area (Å²) in [6.07, 6.45) is 6.01. The Morgan fingerprint density at radius 2 is 1.91 bits per heavy atom. The second-order valence-corrected chi connectivity index (χ2v) is 5.92. The van der Waals surface area contributed by atoms with Crippen molar-refractivity contribution in [1.82, 2.24) is 10.6 Å². The van der Waals surface area contributed by atoms with Crippen molar-refractivity contribution in [3.05, 3.63) is 0 Å². The Morgan fingerprint density at radius 3 is 2.43 bits per heavy atom. The van der Waals surface area contributed by atoms with Gasteiger partial charge in [-0.15, -0.1) is 12.3 Å². The van der Waals surface area contributed by atoms with Gasteiger partial charge in [-0.2, -0.15) is 0 Å². The van der Waals surface area contributed by atoms with E-state index >= 15 is 0 Å². The third-order valence-electron chi connectivity index (χ3n) is 2.65. The normalized spacial score (nSPS) is 11.8. The van der Waals surface area contributed by atoms with Gasteiger partial charge < -0.3 is 20.1 Å². The minimum absolute atomic E-state index is 0.166. The number of alkyl carbamates (subject to hydrolysis) is 1. The summed E-state index contributed by atoms with van der Waals surface area (Å²) in [5.41, 5.74) is -0.600. The number of ether oxygens (including phenoxy) is 2. The summed E-state index contributed by atoms with van der Waals surface area (Å²) in [4.78, 5) is 34.9. The van der Waals surface area contributed by atoms with Crippen LogP contribution in [-0.2, 0) is 19.1 Å². The topological polar surface area (TPSA) is 93.7 Å². The number of methoxy groups -OCH3 is 1. The molecule has 0 saturated heterocycles. The van der Waals surface area contributed by atoms with Crippen LogP contribution in [0.5, 0.6) is 0 Å². The van der Waals surface area contributed by atoms with Crippen LogP contribution >= 0.6 is 0 Å². The van der Waals surface area contributed by atoms with E-state index in [0.717, 1.165) is 0 Å². The van der Waals surface area contributed by atoms with Crippen LogP contribution in [0.1, 0.15) is 46.5 Å². The van der Waals surface area contributed by atoms with Gasteiger partial charge >= 0.3 is 12.1 Å². The van der Waals surface area contributed by atoms with E-state index in [9.17, 15) is 14.4 Å². The summed E-state index contributed by atoms with van der Waals surface area (Å²) in [5.74, 6) is 1.59. The molecule has 7 nitrogen and oxygen atoms in total. The van der Waals surface area contributed by atoms with Gasteiger partial charge in [0.15, 0.2) is 0 Å². The van der Waals surface area contributed by atoms with Crippen molar-refractivity contribution in [2.75, 3.05) is 13.7 Å². The maximum absolute atomic E-state index is 11.7.